The van der Waals surface area contributed by atoms with Crippen LogP contribution in [0, 0.1) is 28.1 Å². The molecule has 45 heavy (non-hydrogen) atoms. The predicted molar refractivity (Wildman–Crippen MR) is 157 cm³/mol. The van der Waals surface area contributed by atoms with E-state index in [0.29, 0.717) is 24.0 Å². The first-order valence-corrected chi connectivity index (χ1v) is 15.3. The number of methoxy groups -OCH3 is 1. The van der Waals surface area contributed by atoms with Crippen molar-refractivity contribution in [2.75, 3.05) is 7.11 Å². The summed E-state index contributed by atoms with van der Waals surface area (Å²) in [5.74, 6) is -5.08. The highest BCUT2D eigenvalue weighted by Crippen LogP contribution is 2.69. The number of allylic oxidation sites excluding steroid dienone is 1. The van der Waals surface area contributed by atoms with Crippen LogP contribution >= 0.6 is 0 Å². The van der Waals surface area contributed by atoms with E-state index in [1.807, 2.05) is 6.92 Å². The minimum atomic E-state index is -2.22. The summed E-state index contributed by atoms with van der Waals surface area (Å²) in [4.78, 5) is 67.0. The zero-order valence-corrected chi connectivity index (χ0v) is 27.1. The van der Waals surface area contributed by atoms with E-state index in [1.54, 1.807) is 46.8 Å². The van der Waals surface area contributed by atoms with Gasteiger partial charge in [-0.2, -0.15) is 0 Å². The Morgan fingerprint density at radius 1 is 1.13 bits per heavy atom. The third kappa shape index (κ3) is 4.68. The van der Waals surface area contributed by atoms with Crippen LogP contribution in [-0.4, -0.2) is 59.7 Å². The highest BCUT2D eigenvalue weighted by Gasteiger charge is 2.76. The molecule has 0 aromatic carbocycles. The summed E-state index contributed by atoms with van der Waals surface area (Å²) < 4.78 is 27.9. The molecule has 2 bridgehead atoms. The molecule has 1 saturated heterocycles. The van der Waals surface area contributed by atoms with Crippen molar-refractivity contribution in [2.24, 2.45) is 28.1 Å². The van der Waals surface area contributed by atoms with Gasteiger partial charge < -0.3 is 28.5 Å². The molecule has 8 atom stereocenters. The van der Waals surface area contributed by atoms with Gasteiger partial charge in [0.05, 0.1) is 26.1 Å². The van der Waals surface area contributed by atoms with Crippen LogP contribution in [0.1, 0.15) is 85.8 Å². The van der Waals surface area contributed by atoms with Crippen molar-refractivity contribution >= 4 is 29.7 Å². The van der Waals surface area contributed by atoms with E-state index in [0.717, 1.165) is 19.6 Å². The van der Waals surface area contributed by atoms with Gasteiger partial charge in [0.1, 0.15) is 12.2 Å². The summed E-state index contributed by atoms with van der Waals surface area (Å²) in [5.41, 5.74) is -3.33. The average Bonchev–Trinajstić information content (AvgIpc) is 3.51. The van der Waals surface area contributed by atoms with E-state index < -0.39 is 81.7 Å². The zero-order valence-electron chi connectivity index (χ0n) is 27.1. The van der Waals surface area contributed by atoms with E-state index in [2.05, 4.69) is 0 Å². The Hall–Kier alpha value is -3.73. The third-order valence-electron chi connectivity index (χ3n) is 11.1. The maximum Gasteiger partial charge on any atom is 0.347 e. The molecule has 1 aliphatic heterocycles. The number of cyclic esters (lactones) is 1. The van der Waals surface area contributed by atoms with E-state index in [1.165, 1.54) is 12.5 Å². The molecule has 0 amide bonds. The van der Waals surface area contributed by atoms with Gasteiger partial charge in [0.25, 0.3) is 0 Å². The highest BCUT2D eigenvalue weighted by molar-refractivity contribution is 5.99. The van der Waals surface area contributed by atoms with Crippen LogP contribution in [0.4, 0.5) is 0 Å². The molecule has 0 spiro atoms. The van der Waals surface area contributed by atoms with Crippen LogP contribution in [0.3, 0.4) is 0 Å². The van der Waals surface area contributed by atoms with Gasteiger partial charge in [0.15, 0.2) is 11.4 Å². The Morgan fingerprint density at radius 2 is 1.82 bits per heavy atom. The number of hydrogen-bond acceptors (Lipinski definition) is 11. The largest absolute Gasteiger partial charge is 0.472 e. The van der Waals surface area contributed by atoms with Gasteiger partial charge in [-0.1, -0.05) is 39.3 Å². The summed E-state index contributed by atoms with van der Waals surface area (Å²) in [7, 11) is 1.16. The van der Waals surface area contributed by atoms with Crippen molar-refractivity contribution in [1.29, 1.82) is 0 Å². The number of rotatable bonds is 6. The second-order valence-corrected chi connectivity index (χ2v) is 13.9. The third-order valence-corrected chi connectivity index (χ3v) is 11.1. The predicted octanol–water partition coefficient (Wildman–Crippen LogP) is 4.33. The fraction of sp³-hybridized carbons (Fsp3) is 0.618. The Bertz CT molecular complexity index is 1500. The zero-order chi connectivity index (χ0) is 33.3. The second kappa shape index (κ2) is 11.0. The fourth-order valence-electron chi connectivity index (χ4n) is 9.09. The number of Topliss-reactive ketones (excluding diaryl/α,β-unsaturated/α-hetero) is 1. The second-order valence-electron chi connectivity index (χ2n) is 13.9. The van der Waals surface area contributed by atoms with Crippen LogP contribution in [0.15, 0.2) is 45.8 Å². The highest BCUT2D eigenvalue weighted by atomic mass is 16.6. The van der Waals surface area contributed by atoms with Gasteiger partial charge in [-0.25, -0.2) is 9.59 Å². The first kappa shape index (κ1) is 32.7. The lowest BCUT2D eigenvalue weighted by atomic mass is 9.39. The molecule has 1 aromatic heterocycles. The number of fused-ring (bicyclic) bond motifs is 5. The van der Waals surface area contributed by atoms with Crippen molar-refractivity contribution in [3.63, 3.8) is 0 Å². The van der Waals surface area contributed by atoms with Crippen molar-refractivity contribution in [3.05, 3.63) is 47.0 Å². The molecule has 1 N–H and O–H groups in total. The molecule has 11 nitrogen and oxygen atoms in total. The normalized spacial score (nSPS) is 36.2. The number of aliphatic hydroxyl groups is 1. The van der Waals surface area contributed by atoms with Gasteiger partial charge in [0, 0.05) is 46.6 Å². The molecule has 4 aliphatic rings. The summed E-state index contributed by atoms with van der Waals surface area (Å²) >= 11 is 0. The molecule has 3 fully saturated rings. The monoisotopic (exact) mass is 626 g/mol. The van der Waals surface area contributed by atoms with Gasteiger partial charge in [-0.15, -0.1) is 0 Å². The molecule has 2 heterocycles. The summed E-state index contributed by atoms with van der Waals surface area (Å²) in [6.07, 6.45) is 1.65. The first-order valence-electron chi connectivity index (χ1n) is 15.3. The topological polar surface area (TPSA) is 156 Å². The number of furan rings is 1. The smallest absolute Gasteiger partial charge is 0.347 e. The maximum absolute atomic E-state index is 14.8. The molecule has 244 valence electrons. The van der Waals surface area contributed by atoms with E-state index in [9.17, 15) is 29.1 Å². The molecular formula is C34H42O11. The number of hydrogen-bond donors (Lipinski definition) is 1. The number of carbonyl (C=O) groups excluding carboxylic acids is 5. The summed E-state index contributed by atoms with van der Waals surface area (Å²) in [5, 5.41) is 12.6. The van der Waals surface area contributed by atoms with Crippen LogP contribution in [-0.2, 0) is 42.9 Å². The summed E-state index contributed by atoms with van der Waals surface area (Å²) in [6.45, 7) is 11.5. The van der Waals surface area contributed by atoms with Gasteiger partial charge in [-0.05, 0) is 44.2 Å². The van der Waals surface area contributed by atoms with Crippen molar-refractivity contribution in [1.82, 2.24) is 0 Å². The molecule has 0 radical (unpaired) electrons. The van der Waals surface area contributed by atoms with Crippen LogP contribution in [0.2, 0.25) is 0 Å². The number of esters is 4. The average molecular weight is 627 g/mol. The minimum absolute atomic E-state index is 0.0579. The molecule has 11 heteroatoms. The van der Waals surface area contributed by atoms with Crippen molar-refractivity contribution in [3.8, 4) is 0 Å². The van der Waals surface area contributed by atoms with E-state index >= 15 is 0 Å². The van der Waals surface area contributed by atoms with Crippen LogP contribution < -0.4 is 0 Å². The number of ether oxygens (including phenoxy) is 4. The number of carbonyl (C=O) groups is 5. The van der Waals surface area contributed by atoms with Crippen molar-refractivity contribution in [2.45, 2.75) is 98.1 Å². The van der Waals surface area contributed by atoms with Gasteiger partial charge >= 0.3 is 23.9 Å². The maximum atomic E-state index is 14.8. The Morgan fingerprint density at radius 3 is 2.40 bits per heavy atom. The molecular weight excluding hydrogens is 584 g/mol. The molecule has 0 unspecified atom stereocenters. The van der Waals surface area contributed by atoms with Crippen LogP contribution in [0.25, 0.3) is 0 Å². The number of ketones is 1. The molecule has 2 saturated carbocycles. The van der Waals surface area contributed by atoms with E-state index in [4.69, 9.17) is 23.4 Å². The van der Waals surface area contributed by atoms with Crippen LogP contribution in [0.5, 0.6) is 0 Å². The SMILES string of the molecule is C/C=C(\C)C(=O)O[C@H]1C(C)(C)[C@@H]([C@@H](OC(C)=O)C(=O)OC)[C@]2(C)C(=O)[C@]1(O)CC1=C3CC(=O)O[C@H](c4ccoc4)[C@]3(C)CC[C@@H]12. The molecule has 1 aromatic rings. The fourth-order valence-corrected chi connectivity index (χ4v) is 9.09. The quantitative estimate of drug-likeness (QED) is 0.208. The first-order chi connectivity index (χ1) is 21.0. The van der Waals surface area contributed by atoms with Gasteiger partial charge in [-0.3, -0.25) is 14.4 Å². The lowest BCUT2D eigenvalue weighted by Crippen LogP contribution is -2.77. The lowest BCUT2D eigenvalue weighted by Gasteiger charge is -2.66. The molecule has 3 aliphatic carbocycles. The Labute approximate surface area is 262 Å². The Balaban J connectivity index is 1.79. The van der Waals surface area contributed by atoms with Gasteiger partial charge in [0.2, 0.25) is 6.10 Å². The lowest BCUT2D eigenvalue weighted by molar-refractivity contribution is -0.247. The minimum Gasteiger partial charge on any atom is -0.472 e. The van der Waals surface area contributed by atoms with E-state index in [-0.39, 0.29) is 18.4 Å². The standard InChI is InChI=1S/C34H42O11/c1-9-17(2)27(37)45-30-31(4,5)25(24(28(38)41-8)43-18(3)35)33(7)21-10-12-32(6)22(20(21)15-34(30,40)29(33)39)14-23(36)44-26(32)19-11-13-42-16-19/h9,11,13,16,21,24-26,30,40H,10,12,14-15H2,1-8H3/b17-9+/t21-,24+,25+,26+,30-,32+,33+,34+/m0/s1. The van der Waals surface area contributed by atoms with Crippen molar-refractivity contribution < 1.29 is 52.4 Å². The molecule has 5 rings (SSSR count). The summed E-state index contributed by atoms with van der Waals surface area (Å²) in [6, 6.07) is 1.74. The Kier molecular flexibility index (Phi) is 7.95.